The fraction of sp³-hybridized carbons (Fsp3) is 0.533. The molecule has 2 atom stereocenters. The molecule has 0 radical (unpaired) electrons. The molecule has 1 saturated heterocycles. The summed E-state index contributed by atoms with van der Waals surface area (Å²) in [5, 5.41) is 4.98. The average Bonchev–Trinajstić information content (AvgIpc) is 2.36. The van der Waals surface area contributed by atoms with Crippen LogP contribution in [0, 0.1) is 11.8 Å². The van der Waals surface area contributed by atoms with Crippen LogP contribution in [0.25, 0.3) is 0 Å². The molecule has 1 fully saturated rings. The van der Waals surface area contributed by atoms with Crippen molar-refractivity contribution in [2.45, 2.75) is 26.8 Å². The predicted octanol–water partition coefficient (Wildman–Crippen LogP) is 3.69. The van der Waals surface area contributed by atoms with E-state index < -0.39 is 0 Å². The highest BCUT2D eigenvalue weighted by Gasteiger charge is 2.23. The van der Waals surface area contributed by atoms with Crippen LogP contribution in [0.15, 0.2) is 24.3 Å². The highest BCUT2D eigenvalue weighted by atomic mass is 35.5. The first-order chi connectivity index (χ1) is 9.04. The summed E-state index contributed by atoms with van der Waals surface area (Å²) in [6, 6.07) is 7.87. The number of thiocarbonyl (C=S) groups is 1. The van der Waals surface area contributed by atoms with Crippen molar-refractivity contribution >= 4 is 28.9 Å². The molecular weight excluding hydrogens is 276 g/mol. The molecule has 0 amide bonds. The van der Waals surface area contributed by atoms with Crippen molar-refractivity contribution in [2.75, 3.05) is 13.1 Å². The normalized spacial score (nSPS) is 23.2. The van der Waals surface area contributed by atoms with Crippen LogP contribution in [0.4, 0.5) is 0 Å². The predicted molar refractivity (Wildman–Crippen MR) is 85.4 cm³/mol. The minimum absolute atomic E-state index is 0.721. The van der Waals surface area contributed by atoms with Gasteiger partial charge in [0, 0.05) is 24.7 Å². The Kier molecular flexibility index (Phi) is 5.06. The second-order valence-electron chi connectivity index (χ2n) is 5.64. The molecule has 1 aromatic rings. The van der Waals surface area contributed by atoms with E-state index in [9.17, 15) is 0 Å². The van der Waals surface area contributed by atoms with E-state index in [-0.39, 0.29) is 0 Å². The van der Waals surface area contributed by atoms with Gasteiger partial charge in [-0.25, -0.2) is 0 Å². The summed E-state index contributed by atoms with van der Waals surface area (Å²) in [4.78, 5) is 2.30. The first kappa shape index (κ1) is 14.6. The third-order valence-corrected chi connectivity index (χ3v) is 4.17. The summed E-state index contributed by atoms with van der Waals surface area (Å²) in [6.07, 6.45) is 1.30. The van der Waals surface area contributed by atoms with Crippen LogP contribution in [0.2, 0.25) is 5.02 Å². The van der Waals surface area contributed by atoms with E-state index >= 15 is 0 Å². The Bertz CT molecular complexity index is 422. The molecular formula is C15H21ClN2S. The first-order valence-corrected chi connectivity index (χ1v) is 7.60. The lowest BCUT2D eigenvalue weighted by atomic mass is 9.92. The van der Waals surface area contributed by atoms with Gasteiger partial charge in [0.25, 0.3) is 0 Å². The zero-order valence-corrected chi connectivity index (χ0v) is 13.1. The van der Waals surface area contributed by atoms with Crippen molar-refractivity contribution in [3.63, 3.8) is 0 Å². The maximum Gasteiger partial charge on any atom is 0.169 e. The lowest BCUT2D eigenvalue weighted by molar-refractivity contribution is 0.212. The highest BCUT2D eigenvalue weighted by molar-refractivity contribution is 7.80. The van der Waals surface area contributed by atoms with Crippen LogP contribution in [-0.4, -0.2) is 23.1 Å². The number of rotatable bonds is 2. The van der Waals surface area contributed by atoms with E-state index in [1.807, 2.05) is 24.3 Å². The summed E-state index contributed by atoms with van der Waals surface area (Å²) in [5.41, 5.74) is 1.20. The number of benzene rings is 1. The topological polar surface area (TPSA) is 15.3 Å². The Labute approximate surface area is 126 Å². The van der Waals surface area contributed by atoms with Crippen molar-refractivity contribution in [1.29, 1.82) is 0 Å². The van der Waals surface area contributed by atoms with Crippen molar-refractivity contribution in [3.8, 4) is 0 Å². The fourth-order valence-corrected chi connectivity index (χ4v) is 3.07. The monoisotopic (exact) mass is 296 g/mol. The lowest BCUT2D eigenvalue weighted by Gasteiger charge is -2.36. The molecule has 0 spiro atoms. The Morgan fingerprint density at radius 2 is 1.84 bits per heavy atom. The first-order valence-electron chi connectivity index (χ1n) is 6.82. The van der Waals surface area contributed by atoms with E-state index in [2.05, 4.69) is 24.1 Å². The van der Waals surface area contributed by atoms with Gasteiger partial charge in [-0.3, -0.25) is 0 Å². The van der Waals surface area contributed by atoms with Gasteiger partial charge in [0.05, 0.1) is 0 Å². The molecule has 0 saturated carbocycles. The molecule has 104 valence electrons. The van der Waals surface area contributed by atoms with Gasteiger partial charge in [0.1, 0.15) is 0 Å². The largest absolute Gasteiger partial charge is 0.358 e. The molecule has 1 N–H and O–H groups in total. The van der Waals surface area contributed by atoms with E-state index in [1.165, 1.54) is 12.0 Å². The second kappa shape index (κ2) is 6.58. The third-order valence-electron chi connectivity index (χ3n) is 3.51. The van der Waals surface area contributed by atoms with Gasteiger partial charge in [0.2, 0.25) is 0 Å². The summed E-state index contributed by atoms with van der Waals surface area (Å²) < 4.78 is 0. The quantitative estimate of drug-likeness (QED) is 0.838. The number of nitrogens with zero attached hydrogens (tertiary/aromatic N) is 1. The minimum Gasteiger partial charge on any atom is -0.358 e. The van der Waals surface area contributed by atoms with E-state index in [0.29, 0.717) is 0 Å². The molecule has 0 aliphatic carbocycles. The number of hydrogen-bond acceptors (Lipinski definition) is 1. The Morgan fingerprint density at radius 1 is 1.26 bits per heavy atom. The zero-order chi connectivity index (χ0) is 13.8. The van der Waals surface area contributed by atoms with Gasteiger partial charge in [0.15, 0.2) is 5.11 Å². The zero-order valence-electron chi connectivity index (χ0n) is 11.5. The molecule has 2 nitrogen and oxygen atoms in total. The maximum atomic E-state index is 5.87. The van der Waals surface area contributed by atoms with Crippen molar-refractivity contribution in [1.82, 2.24) is 10.2 Å². The molecule has 19 heavy (non-hydrogen) atoms. The van der Waals surface area contributed by atoms with Crippen LogP contribution in [0.5, 0.6) is 0 Å². The van der Waals surface area contributed by atoms with Crippen molar-refractivity contribution in [3.05, 3.63) is 34.9 Å². The van der Waals surface area contributed by atoms with Gasteiger partial charge >= 0.3 is 0 Å². The molecule has 0 aromatic heterocycles. The highest BCUT2D eigenvalue weighted by Crippen LogP contribution is 2.21. The Balaban J connectivity index is 1.85. The van der Waals surface area contributed by atoms with Gasteiger partial charge in [-0.15, -0.1) is 0 Å². The Morgan fingerprint density at radius 3 is 2.42 bits per heavy atom. The molecule has 1 aliphatic heterocycles. The van der Waals surface area contributed by atoms with Crippen molar-refractivity contribution < 1.29 is 0 Å². The number of piperidine rings is 1. The second-order valence-corrected chi connectivity index (χ2v) is 6.46. The van der Waals surface area contributed by atoms with Gasteiger partial charge in [-0.2, -0.15) is 0 Å². The van der Waals surface area contributed by atoms with Crippen LogP contribution in [0.3, 0.4) is 0 Å². The Hall–Kier alpha value is -0.800. The fourth-order valence-electron chi connectivity index (χ4n) is 2.72. The summed E-state index contributed by atoms with van der Waals surface area (Å²) in [5.74, 6) is 1.44. The van der Waals surface area contributed by atoms with Crippen molar-refractivity contribution in [2.24, 2.45) is 11.8 Å². The summed E-state index contributed by atoms with van der Waals surface area (Å²) >= 11 is 11.4. The summed E-state index contributed by atoms with van der Waals surface area (Å²) in [6.45, 7) is 7.48. The van der Waals surface area contributed by atoms with Crippen LogP contribution in [0.1, 0.15) is 25.8 Å². The average molecular weight is 297 g/mol. The third kappa shape index (κ3) is 4.36. The smallest absolute Gasteiger partial charge is 0.169 e. The molecule has 1 heterocycles. The van der Waals surface area contributed by atoms with Crippen LogP contribution >= 0.6 is 23.8 Å². The number of likely N-dealkylation sites (tertiary alicyclic amines) is 1. The van der Waals surface area contributed by atoms with E-state index in [1.54, 1.807) is 0 Å². The van der Waals surface area contributed by atoms with E-state index in [4.69, 9.17) is 23.8 Å². The number of nitrogens with one attached hydrogen (secondary N) is 1. The molecule has 1 aliphatic rings. The van der Waals surface area contributed by atoms with E-state index in [0.717, 1.165) is 41.6 Å². The molecule has 0 bridgehead atoms. The standard InChI is InChI=1S/C15H21ClN2S/c1-11-7-12(2)10-18(9-11)15(19)17-8-13-3-5-14(16)6-4-13/h3-6,11-12H,7-10H2,1-2H3,(H,17,19). The minimum atomic E-state index is 0.721. The number of halogens is 1. The van der Waals surface area contributed by atoms with Gasteiger partial charge in [-0.1, -0.05) is 37.6 Å². The molecule has 1 aromatic carbocycles. The van der Waals surface area contributed by atoms with Gasteiger partial charge in [-0.05, 0) is 48.2 Å². The van der Waals surface area contributed by atoms with Crippen LogP contribution in [-0.2, 0) is 6.54 Å². The number of hydrogen-bond donors (Lipinski definition) is 1. The summed E-state index contributed by atoms with van der Waals surface area (Å²) in [7, 11) is 0. The maximum absolute atomic E-state index is 5.87. The SMILES string of the molecule is CC1CC(C)CN(C(=S)NCc2ccc(Cl)cc2)C1. The van der Waals surface area contributed by atoms with Crippen LogP contribution < -0.4 is 5.32 Å². The molecule has 4 heteroatoms. The molecule has 2 rings (SSSR count). The lowest BCUT2D eigenvalue weighted by Crippen LogP contribution is -2.47. The molecule has 2 unspecified atom stereocenters. The van der Waals surface area contributed by atoms with Gasteiger partial charge < -0.3 is 10.2 Å².